The number of carboxylic acids is 2. The van der Waals surface area contributed by atoms with Gasteiger partial charge in [0.2, 0.25) is 33.7 Å². The maximum atomic E-state index is 14.0. The SMILES string of the molecule is CC1(C)C[C@@H](Nc2cccc(-c3sc(C(=O)O)c(OCC(=O)O)c3Cl)c2)CCN1S(=O)(=O)Cc1cccc(NC(=O)C2[C@H]3CN(C(=O)CNc4cccc5c4CN(C4CCC(=O)NC4=O)C5=O)C[C@@H]23)c1. The number of likely N-dealkylation sites (tertiary alicyclic amines) is 1. The number of aromatic carboxylic acids is 1. The van der Waals surface area contributed by atoms with E-state index in [2.05, 4.69) is 21.3 Å². The van der Waals surface area contributed by atoms with Crippen LogP contribution in [0, 0.1) is 17.8 Å². The van der Waals surface area contributed by atoms with Crippen LogP contribution in [-0.2, 0) is 46.3 Å². The van der Waals surface area contributed by atoms with Gasteiger partial charge in [0.15, 0.2) is 17.2 Å². The largest absolute Gasteiger partial charge is 0.479 e. The van der Waals surface area contributed by atoms with E-state index in [9.17, 15) is 47.1 Å². The number of hydrogen-bond donors (Lipinski definition) is 6. The number of hydrogen-bond acceptors (Lipinski definition) is 13. The van der Waals surface area contributed by atoms with Crippen LogP contribution in [0.1, 0.15) is 70.7 Å². The zero-order chi connectivity index (χ0) is 49.8. The van der Waals surface area contributed by atoms with Crippen LogP contribution < -0.4 is 26.0 Å². The molecule has 4 fully saturated rings. The Bertz CT molecular complexity index is 2950. The second kappa shape index (κ2) is 19.0. The van der Waals surface area contributed by atoms with Gasteiger partial charge in [-0.3, -0.25) is 29.3 Å². The molecule has 2 unspecified atom stereocenters. The molecule has 0 spiro atoms. The summed E-state index contributed by atoms with van der Waals surface area (Å²) in [4.78, 5) is 90.6. The number of nitrogens with one attached hydrogen (secondary N) is 4. The maximum Gasteiger partial charge on any atom is 0.349 e. The normalized spacial score (nSPS) is 22.7. The van der Waals surface area contributed by atoms with E-state index in [0.29, 0.717) is 70.1 Å². The first-order valence-electron chi connectivity index (χ1n) is 22.7. The fourth-order valence-electron chi connectivity index (χ4n) is 10.4. The topological polar surface area (TPSA) is 261 Å². The van der Waals surface area contributed by atoms with Gasteiger partial charge in [-0.15, -0.1) is 11.3 Å². The molecule has 9 rings (SSSR count). The second-order valence-corrected chi connectivity index (χ2v) is 22.2. The van der Waals surface area contributed by atoms with Crippen molar-refractivity contribution in [2.24, 2.45) is 17.8 Å². The predicted molar refractivity (Wildman–Crippen MR) is 258 cm³/mol. The zero-order valence-corrected chi connectivity index (χ0v) is 40.4. The van der Waals surface area contributed by atoms with Crippen LogP contribution >= 0.6 is 22.9 Å². The van der Waals surface area contributed by atoms with E-state index in [4.69, 9.17) is 21.4 Å². The van der Waals surface area contributed by atoms with Gasteiger partial charge in [0, 0.05) is 78.3 Å². The van der Waals surface area contributed by atoms with Crippen molar-refractivity contribution in [1.29, 1.82) is 0 Å². The molecule has 4 aliphatic heterocycles. The molecule has 19 nitrogen and oxygen atoms in total. The number of carboxylic acid groups (broad SMARTS) is 2. The quantitative estimate of drug-likeness (QED) is 0.0814. The van der Waals surface area contributed by atoms with E-state index < -0.39 is 46.1 Å². The Labute approximate surface area is 411 Å². The van der Waals surface area contributed by atoms with Crippen molar-refractivity contribution in [1.82, 2.24) is 19.4 Å². The van der Waals surface area contributed by atoms with Crippen molar-refractivity contribution >= 4 is 91.5 Å². The lowest BCUT2D eigenvalue weighted by atomic mass is 9.89. The van der Waals surface area contributed by atoms with Gasteiger partial charge in [-0.05, 0) is 92.5 Å². The molecule has 4 aromatic rings. The summed E-state index contributed by atoms with van der Waals surface area (Å²) in [7, 11) is -3.82. The molecule has 5 amide bonds. The van der Waals surface area contributed by atoms with Gasteiger partial charge < -0.3 is 40.7 Å². The Morgan fingerprint density at radius 2 is 1.69 bits per heavy atom. The predicted octanol–water partition coefficient (Wildman–Crippen LogP) is 4.93. The molecule has 0 bridgehead atoms. The Hall–Kier alpha value is -6.55. The van der Waals surface area contributed by atoms with E-state index in [1.54, 1.807) is 65.6 Å². The van der Waals surface area contributed by atoms with Crippen LogP contribution in [0.5, 0.6) is 5.75 Å². The number of rotatable bonds is 16. The number of fused-ring (bicyclic) bond motifs is 2. The van der Waals surface area contributed by atoms with Crippen molar-refractivity contribution in [2.45, 2.75) is 69.5 Å². The van der Waals surface area contributed by atoms with Crippen molar-refractivity contribution in [3.63, 3.8) is 0 Å². The highest BCUT2D eigenvalue weighted by molar-refractivity contribution is 7.88. The van der Waals surface area contributed by atoms with E-state index in [1.165, 1.54) is 9.21 Å². The average Bonchev–Trinajstić information content (AvgIpc) is 3.51. The highest BCUT2D eigenvalue weighted by atomic mass is 35.5. The number of ether oxygens (including phenoxy) is 1. The molecule has 5 atom stereocenters. The molecule has 1 aromatic heterocycles. The molecule has 5 aliphatic rings. The van der Waals surface area contributed by atoms with Crippen LogP contribution in [0.25, 0.3) is 10.4 Å². The van der Waals surface area contributed by atoms with E-state index >= 15 is 0 Å². The molecular weight excluding hydrogens is 966 g/mol. The number of carbonyl (C=O) groups excluding carboxylic acids is 5. The Kier molecular flexibility index (Phi) is 13.1. The van der Waals surface area contributed by atoms with Crippen LogP contribution in [0.2, 0.25) is 5.02 Å². The smallest absolute Gasteiger partial charge is 0.349 e. The lowest BCUT2D eigenvalue weighted by molar-refractivity contribution is -0.139. The van der Waals surface area contributed by atoms with Gasteiger partial charge in [-0.25, -0.2) is 18.0 Å². The van der Waals surface area contributed by atoms with E-state index in [1.807, 2.05) is 19.9 Å². The highest BCUT2D eigenvalue weighted by Crippen LogP contribution is 2.52. The minimum atomic E-state index is -3.82. The minimum Gasteiger partial charge on any atom is -0.479 e. The Morgan fingerprint density at radius 3 is 2.40 bits per heavy atom. The number of anilines is 3. The zero-order valence-electron chi connectivity index (χ0n) is 38.0. The van der Waals surface area contributed by atoms with Crippen molar-refractivity contribution in [3.8, 4) is 16.2 Å². The number of benzene rings is 3. The summed E-state index contributed by atoms with van der Waals surface area (Å²) in [5.41, 5.74) is 3.23. The molecule has 368 valence electrons. The van der Waals surface area contributed by atoms with Gasteiger partial charge in [0.1, 0.15) is 11.1 Å². The number of halogens is 1. The van der Waals surface area contributed by atoms with Gasteiger partial charge >= 0.3 is 11.9 Å². The summed E-state index contributed by atoms with van der Waals surface area (Å²) in [6.45, 7) is 4.21. The van der Waals surface area contributed by atoms with Crippen molar-refractivity contribution in [3.05, 3.63) is 93.3 Å². The summed E-state index contributed by atoms with van der Waals surface area (Å²) >= 11 is 7.39. The Balaban J connectivity index is 0.751. The molecule has 3 aromatic carbocycles. The van der Waals surface area contributed by atoms with Crippen molar-refractivity contribution in [2.75, 3.05) is 48.7 Å². The maximum absolute atomic E-state index is 14.0. The summed E-state index contributed by atoms with van der Waals surface area (Å²) < 4.78 is 34.8. The summed E-state index contributed by atoms with van der Waals surface area (Å²) in [6, 6.07) is 18.2. The van der Waals surface area contributed by atoms with Crippen LogP contribution in [-0.4, -0.2) is 125 Å². The summed E-state index contributed by atoms with van der Waals surface area (Å²) in [5.74, 6) is -4.89. The van der Waals surface area contributed by atoms with Gasteiger partial charge in [0.25, 0.3) is 5.91 Å². The van der Waals surface area contributed by atoms with E-state index in [-0.39, 0.29) is 101 Å². The third-order valence-corrected chi connectivity index (χ3v) is 17.4. The first-order valence-corrected chi connectivity index (χ1v) is 25.5. The number of amides is 5. The minimum absolute atomic E-state index is 0.00898. The van der Waals surface area contributed by atoms with Gasteiger partial charge in [-0.1, -0.05) is 41.9 Å². The lowest BCUT2D eigenvalue weighted by Crippen LogP contribution is -2.55. The summed E-state index contributed by atoms with van der Waals surface area (Å²) in [6.07, 6.45) is 1.35. The first-order chi connectivity index (χ1) is 33.3. The van der Waals surface area contributed by atoms with E-state index in [0.717, 1.165) is 11.3 Å². The number of carbonyl (C=O) groups is 7. The second-order valence-electron chi connectivity index (χ2n) is 18.9. The molecule has 5 heterocycles. The fourth-order valence-corrected chi connectivity index (χ4v) is 13.8. The van der Waals surface area contributed by atoms with Gasteiger partial charge in [-0.2, -0.15) is 4.31 Å². The highest BCUT2D eigenvalue weighted by Gasteiger charge is 2.60. The standard InChI is InChI=1S/C48H50ClN7O12S2/c1-48(2)18-29(51-28-9-4-7-26(17-28)42-40(49)41(68-23-38(59)60)43(69-42)47(64)65)14-15-56(48)70(66,67)24-25-6-3-8-27(16-25)52-45(62)39-32-20-54(21-33(32)39)37(58)19-50-34-11-5-10-30-31(34)22-55(46(30)63)35-12-13-36(57)53-44(35)61/h3-11,16-17,29,32-33,35,39,50-51H,12-15,18-24H2,1-2H3,(H,52,62)(H,59,60)(H,64,65)(H,53,57,61)/t29-,32-,33+,35?,39?/m0/s1. The average molecular weight is 1020 g/mol. The monoisotopic (exact) mass is 1020 g/mol. The number of sulfonamides is 1. The van der Waals surface area contributed by atoms with Gasteiger partial charge in [0.05, 0.1) is 17.2 Å². The third kappa shape index (κ3) is 9.79. The number of aliphatic carboxylic acids is 1. The number of imide groups is 1. The number of piperidine rings is 3. The summed E-state index contributed by atoms with van der Waals surface area (Å²) in [5, 5.41) is 30.7. The lowest BCUT2D eigenvalue weighted by Gasteiger charge is -2.45. The van der Waals surface area contributed by atoms with Crippen LogP contribution in [0.3, 0.4) is 0 Å². The molecular formula is C48H50ClN7O12S2. The third-order valence-electron chi connectivity index (χ3n) is 13.7. The van der Waals surface area contributed by atoms with Crippen LogP contribution in [0.4, 0.5) is 17.1 Å². The molecule has 6 N–H and O–H groups in total. The molecule has 0 radical (unpaired) electrons. The Morgan fingerprint density at radius 1 is 0.957 bits per heavy atom. The fraction of sp³-hybridized carbons (Fsp3) is 0.396. The molecule has 1 aliphatic carbocycles. The molecule has 1 saturated carbocycles. The first kappa shape index (κ1) is 48.5. The number of nitrogens with zero attached hydrogens (tertiary/aromatic N) is 3. The molecule has 22 heteroatoms. The number of thiophene rings is 1. The van der Waals surface area contributed by atoms with Crippen molar-refractivity contribution < 1.29 is 56.9 Å². The van der Waals surface area contributed by atoms with Crippen LogP contribution in [0.15, 0.2) is 66.7 Å². The molecule has 70 heavy (non-hydrogen) atoms. The molecule has 3 saturated heterocycles.